The van der Waals surface area contributed by atoms with Crippen LogP contribution in [0.2, 0.25) is 0 Å². The van der Waals surface area contributed by atoms with Crippen molar-refractivity contribution in [3.8, 4) is 12.3 Å². The molecule has 136 valence electrons. The molecule has 3 aromatic rings. The number of hydrogen-bond acceptors (Lipinski definition) is 6. The Bertz CT molecular complexity index is 1120. The van der Waals surface area contributed by atoms with Crippen molar-refractivity contribution in [1.29, 1.82) is 0 Å². The van der Waals surface area contributed by atoms with Gasteiger partial charge in [-0.25, -0.2) is 18.6 Å². The van der Waals surface area contributed by atoms with Crippen LogP contribution in [0.4, 0.5) is 10.1 Å². The summed E-state index contributed by atoms with van der Waals surface area (Å²) in [7, 11) is 0. The fourth-order valence-corrected chi connectivity index (χ4v) is 2.81. The van der Waals surface area contributed by atoms with Crippen LogP contribution in [0.1, 0.15) is 26.4 Å². The predicted molar refractivity (Wildman–Crippen MR) is 92.4 cm³/mol. The molecule has 11 heteroatoms. The van der Waals surface area contributed by atoms with Gasteiger partial charge in [-0.1, -0.05) is 11.0 Å². The first-order chi connectivity index (χ1) is 12.8. The molecule has 1 aromatic carbocycles. The highest BCUT2D eigenvalue weighted by Crippen LogP contribution is 2.21. The highest BCUT2D eigenvalue weighted by molar-refractivity contribution is 7.90. The number of carbonyl (C=O) groups is 2. The molecule has 1 unspecified atom stereocenters. The van der Waals surface area contributed by atoms with E-state index in [4.69, 9.17) is 6.42 Å². The summed E-state index contributed by atoms with van der Waals surface area (Å²) in [6.45, 7) is 0. The number of nitrogens with one attached hydrogen (secondary N) is 1. The Labute approximate surface area is 154 Å². The Kier molecular flexibility index (Phi) is 4.76. The molecule has 27 heavy (non-hydrogen) atoms. The van der Waals surface area contributed by atoms with E-state index in [1.165, 1.54) is 22.9 Å². The van der Waals surface area contributed by atoms with Gasteiger partial charge in [-0.2, -0.15) is 0 Å². The molecule has 0 radical (unpaired) electrons. The number of carboxylic acid groups (broad SMARTS) is 1. The molecule has 0 saturated heterocycles. The second-order valence-corrected chi connectivity index (χ2v) is 6.47. The van der Waals surface area contributed by atoms with Crippen LogP contribution in [0.15, 0.2) is 29.6 Å². The van der Waals surface area contributed by atoms with Crippen LogP contribution in [0.5, 0.6) is 0 Å². The number of carbonyl (C=O) groups excluding carboxylic acids is 1. The zero-order chi connectivity index (χ0) is 19.7. The van der Waals surface area contributed by atoms with Crippen molar-refractivity contribution in [3.05, 3.63) is 47.0 Å². The van der Waals surface area contributed by atoms with Crippen LogP contribution in [-0.4, -0.2) is 47.4 Å². The number of amides is 1. The summed E-state index contributed by atoms with van der Waals surface area (Å²) in [5.41, 5.74) is -0.954. The lowest BCUT2D eigenvalue weighted by Crippen LogP contribution is -2.17. The molecule has 0 fully saturated rings. The molecule has 0 aliphatic heterocycles. The normalized spacial score (nSPS) is 11.8. The van der Waals surface area contributed by atoms with Crippen molar-refractivity contribution in [2.75, 3.05) is 11.6 Å². The Morgan fingerprint density at radius 3 is 2.78 bits per heavy atom. The number of terminal acetylenes is 1. The van der Waals surface area contributed by atoms with E-state index < -0.39 is 34.4 Å². The second kappa shape index (κ2) is 7.02. The molecule has 0 spiro atoms. The monoisotopic (exact) mass is 387 g/mol. The first kappa shape index (κ1) is 18.3. The third-order valence-electron chi connectivity index (χ3n) is 3.48. The van der Waals surface area contributed by atoms with E-state index in [0.717, 1.165) is 12.1 Å². The number of aromatic carboxylic acids is 1. The van der Waals surface area contributed by atoms with Crippen molar-refractivity contribution >= 4 is 34.5 Å². The Hall–Kier alpha value is -3.49. The molecular formula is C16H10FN5O4S. The minimum atomic E-state index is -1.44. The molecule has 2 aromatic heterocycles. The van der Waals surface area contributed by atoms with Crippen LogP contribution in [0, 0.1) is 18.2 Å². The van der Waals surface area contributed by atoms with E-state index >= 15 is 0 Å². The minimum absolute atomic E-state index is 0.0368. The zero-order valence-corrected chi connectivity index (χ0v) is 14.5. The predicted octanol–water partition coefficient (Wildman–Crippen LogP) is 0.933. The topological polar surface area (TPSA) is 133 Å². The molecule has 1 atom stereocenters. The quantitative estimate of drug-likeness (QED) is 0.503. The van der Waals surface area contributed by atoms with Gasteiger partial charge in [0.15, 0.2) is 0 Å². The van der Waals surface area contributed by atoms with Crippen molar-refractivity contribution in [2.45, 2.75) is 5.16 Å². The van der Waals surface area contributed by atoms with Gasteiger partial charge in [0, 0.05) is 17.4 Å². The highest BCUT2D eigenvalue weighted by Gasteiger charge is 2.20. The standard InChI is InChI=1S/C16H10FN5O4S/c1-3-8-6-12(9(14(24)25)7-10(8)17)18-13(23)11-4-5-22-15(19-11)20-21-16(22)27(2)26/h1,4-7H,2H3,(H,18,23)(H,24,25). The third kappa shape index (κ3) is 3.43. The molecule has 2 N–H and O–H groups in total. The maximum atomic E-state index is 13.7. The van der Waals surface area contributed by atoms with E-state index in [1.807, 2.05) is 0 Å². The first-order valence-electron chi connectivity index (χ1n) is 7.22. The van der Waals surface area contributed by atoms with Crippen LogP contribution >= 0.6 is 0 Å². The lowest BCUT2D eigenvalue weighted by atomic mass is 10.1. The fraction of sp³-hybridized carbons (Fsp3) is 0.0625. The van der Waals surface area contributed by atoms with Gasteiger partial charge in [-0.15, -0.1) is 11.5 Å². The van der Waals surface area contributed by atoms with E-state index in [0.29, 0.717) is 0 Å². The fourth-order valence-electron chi connectivity index (χ4n) is 2.24. The van der Waals surface area contributed by atoms with Crippen molar-refractivity contribution < 1.29 is 23.6 Å². The number of halogens is 1. The number of anilines is 1. The van der Waals surface area contributed by atoms with Gasteiger partial charge < -0.3 is 15.0 Å². The SMILES string of the molecule is C#Cc1cc(NC(=O)c2ccn3c([S+](C)[O-])nnc3n2)c(C(=O)O)cc1F. The average Bonchev–Trinajstić information content (AvgIpc) is 3.05. The number of nitrogens with zero attached hydrogens (tertiary/aromatic N) is 4. The van der Waals surface area contributed by atoms with E-state index in [1.54, 1.807) is 0 Å². The highest BCUT2D eigenvalue weighted by atomic mass is 32.2. The number of carboxylic acids is 1. The summed E-state index contributed by atoms with van der Waals surface area (Å²) in [4.78, 5) is 27.7. The summed E-state index contributed by atoms with van der Waals surface area (Å²) in [6, 6.07) is 3.09. The van der Waals surface area contributed by atoms with E-state index in [-0.39, 0.29) is 27.9 Å². The molecule has 2 heterocycles. The number of hydrogen-bond donors (Lipinski definition) is 2. The second-order valence-electron chi connectivity index (χ2n) is 5.20. The zero-order valence-electron chi connectivity index (χ0n) is 13.6. The molecule has 0 aliphatic rings. The molecule has 0 saturated carbocycles. The summed E-state index contributed by atoms with van der Waals surface area (Å²) in [5, 5.41) is 19.2. The Morgan fingerprint density at radius 2 is 2.15 bits per heavy atom. The Morgan fingerprint density at radius 1 is 1.41 bits per heavy atom. The maximum absolute atomic E-state index is 13.7. The summed E-state index contributed by atoms with van der Waals surface area (Å²) < 4.78 is 26.6. The van der Waals surface area contributed by atoms with Gasteiger partial charge in [-0.05, 0) is 18.2 Å². The van der Waals surface area contributed by atoms with E-state index in [9.17, 15) is 23.6 Å². The third-order valence-corrected chi connectivity index (χ3v) is 4.27. The van der Waals surface area contributed by atoms with Gasteiger partial charge in [0.05, 0.1) is 16.8 Å². The van der Waals surface area contributed by atoms with Gasteiger partial charge in [0.25, 0.3) is 11.7 Å². The molecular weight excluding hydrogens is 377 g/mol. The molecule has 3 rings (SSSR count). The van der Waals surface area contributed by atoms with Gasteiger partial charge >= 0.3 is 11.1 Å². The summed E-state index contributed by atoms with van der Waals surface area (Å²) >= 11 is -1.41. The van der Waals surface area contributed by atoms with Crippen LogP contribution in [-0.2, 0) is 11.2 Å². The Balaban J connectivity index is 1.97. The lowest BCUT2D eigenvalue weighted by Gasteiger charge is -2.10. The van der Waals surface area contributed by atoms with Crippen molar-refractivity contribution in [3.63, 3.8) is 0 Å². The molecule has 1 amide bonds. The minimum Gasteiger partial charge on any atom is -0.609 e. The lowest BCUT2D eigenvalue weighted by molar-refractivity contribution is 0.0697. The summed E-state index contributed by atoms with van der Waals surface area (Å²) in [5.74, 6) is -0.997. The van der Waals surface area contributed by atoms with Gasteiger partial charge in [0.1, 0.15) is 17.8 Å². The average molecular weight is 387 g/mol. The van der Waals surface area contributed by atoms with Gasteiger partial charge in [-0.3, -0.25) is 4.79 Å². The number of fused-ring (bicyclic) bond motifs is 1. The molecule has 0 aliphatic carbocycles. The van der Waals surface area contributed by atoms with Crippen LogP contribution < -0.4 is 5.32 Å². The van der Waals surface area contributed by atoms with E-state index in [2.05, 4.69) is 26.4 Å². The number of rotatable bonds is 4. The number of benzene rings is 1. The van der Waals surface area contributed by atoms with Crippen LogP contribution in [0.3, 0.4) is 0 Å². The largest absolute Gasteiger partial charge is 0.609 e. The summed E-state index contributed by atoms with van der Waals surface area (Å²) in [6.07, 6.45) is 8.00. The van der Waals surface area contributed by atoms with Crippen molar-refractivity contribution in [2.24, 2.45) is 0 Å². The van der Waals surface area contributed by atoms with Gasteiger partial charge in [0.2, 0.25) is 0 Å². The van der Waals surface area contributed by atoms with Crippen LogP contribution in [0.25, 0.3) is 5.78 Å². The maximum Gasteiger partial charge on any atom is 0.348 e. The number of aromatic nitrogens is 4. The first-order valence-corrected chi connectivity index (χ1v) is 8.77. The van der Waals surface area contributed by atoms with Crippen molar-refractivity contribution in [1.82, 2.24) is 19.6 Å². The molecule has 9 nitrogen and oxygen atoms in total. The smallest absolute Gasteiger partial charge is 0.348 e. The molecule has 0 bridgehead atoms.